The van der Waals surface area contributed by atoms with Gasteiger partial charge in [-0.2, -0.15) is 0 Å². The van der Waals surface area contributed by atoms with Crippen LogP contribution in [0.25, 0.3) is 0 Å². The van der Waals surface area contributed by atoms with Crippen LogP contribution in [0.4, 0.5) is 0 Å². The van der Waals surface area contributed by atoms with Crippen LogP contribution in [-0.2, 0) is 0 Å². The Morgan fingerprint density at radius 1 is 1.23 bits per heavy atom. The molecule has 0 aromatic heterocycles. The Balaban J connectivity index is 3.14. The molecule has 0 radical (unpaired) electrons. The summed E-state index contributed by atoms with van der Waals surface area (Å²) in [7, 11) is 0. The standard InChI is InChI=1S/C10H24N2O/c1-4-12(5-2)9-8-11-7-6-10(3)13/h10-11,13H,4-9H2,1-3H3. The lowest BCUT2D eigenvalue weighted by atomic mass is 10.3. The molecule has 0 aromatic rings. The van der Waals surface area contributed by atoms with Crippen molar-refractivity contribution in [2.75, 3.05) is 32.7 Å². The molecule has 80 valence electrons. The molecular formula is C10H24N2O. The van der Waals surface area contributed by atoms with Crippen LogP contribution in [-0.4, -0.2) is 48.8 Å². The minimum absolute atomic E-state index is 0.180. The number of nitrogens with zero attached hydrogens (tertiary/aromatic N) is 1. The lowest BCUT2D eigenvalue weighted by molar-refractivity contribution is 0.183. The first kappa shape index (κ1) is 12.9. The highest BCUT2D eigenvalue weighted by Gasteiger charge is 1.98. The van der Waals surface area contributed by atoms with Crippen molar-refractivity contribution in [2.24, 2.45) is 0 Å². The Kier molecular flexibility index (Phi) is 8.40. The van der Waals surface area contributed by atoms with E-state index < -0.39 is 0 Å². The fourth-order valence-corrected chi connectivity index (χ4v) is 1.21. The van der Waals surface area contributed by atoms with Crippen LogP contribution in [0.2, 0.25) is 0 Å². The zero-order valence-electron chi connectivity index (χ0n) is 9.21. The Morgan fingerprint density at radius 2 is 1.85 bits per heavy atom. The molecule has 0 bridgehead atoms. The van der Waals surface area contributed by atoms with Crippen LogP contribution in [0.5, 0.6) is 0 Å². The van der Waals surface area contributed by atoms with Crippen LogP contribution in [0.15, 0.2) is 0 Å². The normalized spacial score (nSPS) is 13.6. The van der Waals surface area contributed by atoms with Crippen molar-refractivity contribution >= 4 is 0 Å². The molecule has 1 atom stereocenters. The van der Waals surface area contributed by atoms with E-state index in [1.807, 2.05) is 6.92 Å². The second-order valence-corrected chi connectivity index (χ2v) is 3.41. The van der Waals surface area contributed by atoms with E-state index in [-0.39, 0.29) is 6.10 Å². The van der Waals surface area contributed by atoms with Gasteiger partial charge in [0.2, 0.25) is 0 Å². The molecule has 0 heterocycles. The van der Waals surface area contributed by atoms with Gasteiger partial charge in [-0.1, -0.05) is 13.8 Å². The molecule has 0 amide bonds. The monoisotopic (exact) mass is 188 g/mol. The van der Waals surface area contributed by atoms with Gasteiger partial charge < -0.3 is 15.3 Å². The zero-order chi connectivity index (χ0) is 10.1. The first-order chi connectivity index (χ1) is 6.20. The molecule has 0 rings (SSSR count). The van der Waals surface area contributed by atoms with E-state index in [1.165, 1.54) is 0 Å². The highest BCUT2D eigenvalue weighted by Crippen LogP contribution is 1.87. The summed E-state index contributed by atoms with van der Waals surface area (Å²) in [6.07, 6.45) is 0.666. The number of rotatable bonds is 8. The van der Waals surface area contributed by atoms with Gasteiger partial charge in [0.15, 0.2) is 0 Å². The second-order valence-electron chi connectivity index (χ2n) is 3.41. The molecule has 3 heteroatoms. The SMILES string of the molecule is CCN(CC)CCNCCC(C)O. The van der Waals surface area contributed by atoms with Crippen molar-refractivity contribution in [3.8, 4) is 0 Å². The number of nitrogens with one attached hydrogen (secondary N) is 1. The molecule has 0 fully saturated rings. The fraction of sp³-hybridized carbons (Fsp3) is 1.00. The van der Waals surface area contributed by atoms with Gasteiger partial charge in [-0.05, 0) is 33.0 Å². The number of hydrogen-bond donors (Lipinski definition) is 2. The largest absolute Gasteiger partial charge is 0.393 e. The van der Waals surface area contributed by atoms with Crippen molar-refractivity contribution in [3.63, 3.8) is 0 Å². The summed E-state index contributed by atoms with van der Waals surface area (Å²) >= 11 is 0. The van der Waals surface area contributed by atoms with E-state index in [2.05, 4.69) is 24.1 Å². The van der Waals surface area contributed by atoms with Gasteiger partial charge in [0, 0.05) is 13.1 Å². The summed E-state index contributed by atoms with van der Waals surface area (Å²) in [5.74, 6) is 0. The molecular weight excluding hydrogens is 164 g/mol. The van der Waals surface area contributed by atoms with E-state index in [1.54, 1.807) is 0 Å². The maximum Gasteiger partial charge on any atom is 0.0524 e. The van der Waals surface area contributed by atoms with Crippen LogP contribution in [0, 0.1) is 0 Å². The summed E-state index contributed by atoms with van der Waals surface area (Å²) in [6.45, 7) is 11.5. The van der Waals surface area contributed by atoms with Crippen molar-refractivity contribution in [2.45, 2.75) is 33.3 Å². The molecule has 0 aliphatic rings. The molecule has 0 saturated heterocycles. The van der Waals surface area contributed by atoms with E-state index in [4.69, 9.17) is 5.11 Å². The Morgan fingerprint density at radius 3 is 2.31 bits per heavy atom. The molecule has 0 aromatic carbocycles. The minimum Gasteiger partial charge on any atom is -0.393 e. The predicted molar refractivity (Wildman–Crippen MR) is 57.0 cm³/mol. The average Bonchev–Trinajstić information content (AvgIpc) is 2.11. The Hall–Kier alpha value is -0.120. The second kappa shape index (κ2) is 8.48. The predicted octanol–water partition coefficient (Wildman–Crippen LogP) is 0.689. The quantitative estimate of drug-likeness (QED) is 0.550. The fourth-order valence-electron chi connectivity index (χ4n) is 1.21. The summed E-state index contributed by atoms with van der Waals surface area (Å²) in [6, 6.07) is 0. The first-order valence-electron chi connectivity index (χ1n) is 5.31. The van der Waals surface area contributed by atoms with Crippen molar-refractivity contribution in [3.05, 3.63) is 0 Å². The number of likely N-dealkylation sites (N-methyl/N-ethyl adjacent to an activating group) is 1. The summed E-state index contributed by atoms with van der Waals surface area (Å²) in [5, 5.41) is 12.3. The highest BCUT2D eigenvalue weighted by atomic mass is 16.3. The van der Waals surface area contributed by atoms with Gasteiger partial charge in [0.25, 0.3) is 0 Å². The van der Waals surface area contributed by atoms with Crippen LogP contribution >= 0.6 is 0 Å². The van der Waals surface area contributed by atoms with Gasteiger partial charge in [-0.15, -0.1) is 0 Å². The first-order valence-corrected chi connectivity index (χ1v) is 5.31. The van der Waals surface area contributed by atoms with Crippen LogP contribution in [0.1, 0.15) is 27.2 Å². The average molecular weight is 188 g/mol. The van der Waals surface area contributed by atoms with Crippen molar-refractivity contribution in [1.29, 1.82) is 0 Å². The summed E-state index contributed by atoms with van der Waals surface area (Å²) < 4.78 is 0. The van der Waals surface area contributed by atoms with E-state index in [0.717, 1.165) is 39.1 Å². The van der Waals surface area contributed by atoms with Crippen molar-refractivity contribution in [1.82, 2.24) is 10.2 Å². The lowest BCUT2D eigenvalue weighted by Gasteiger charge is -2.18. The molecule has 0 aliphatic carbocycles. The molecule has 3 nitrogen and oxygen atoms in total. The molecule has 2 N–H and O–H groups in total. The molecule has 0 saturated carbocycles. The minimum atomic E-state index is -0.180. The number of hydrogen-bond acceptors (Lipinski definition) is 3. The third kappa shape index (κ3) is 8.22. The summed E-state index contributed by atoms with van der Waals surface area (Å²) in [5.41, 5.74) is 0. The number of aliphatic hydroxyl groups excluding tert-OH is 1. The van der Waals surface area contributed by atoms with Crippen LogP contribution < -0.4 is 5.32 Å². The molecule has 0 spiro atoms. The highest BCUT2D eigenvalue weighted by molar-refractivity contribution is 4.57. The van der Waals surface area contributed by atoms with E-state index in [9.17, 15) is 0 Å². The van der Waals surface area contributed by atoms with Gasteiger partial charge in [0.1, 0.15) is 0 Å². The third-order valence-corrected chi connectivity index (χ3v) is 2.24. The molecule has 13 heavy (non-hydrogen) atoms. The zero-order valence-corrected chi connectivity index (χ0v) is 9.21. The van der Waals surface area contributed by atoms with Crippen molar-refractivity contribution < 1.29 is 5.11 Å². The maximum atomic E-state index is 9.00. The topological polar surface area (TPSA) is 35.5 Å². The van der Waals surface area contributed by atoms with Gasteiger partial charge in [0.05, 0.1) is 6.10 Å². The Labute approximate surface area is 82.1 Å². The third-order valence-electron chi connectivity index (χ3n) is 2.24. The van der Waals surface area contributed by atoms with Crippen LogP contribution in [0.3, 0.4) is 0 Å². The number of aliphatic hydroxyl groups is 1. The summed E-state index contributed by atoms with van der Waals surface area (Å²) in [4.78, 5) is 2.38. The Bertz CT molecular complexity index is 103. The van der Waals surface area contributed by atoms with Gasteiger partial charge >= 0.3 is 0 Å². The molecule has 0 aliphatic heterocycles. The van der Waals surface area contributed by atoms with E-state index in [0.29, 0.717) is 0 Å². The van der Waals surface area contributed by atoms with Gasteiger partial charge in [-0.3, -0.25) is 0 Å². The lowest BCUT2D eigenvalue weighted by Crippen LogP contribution is -2.32. The van der Waals surface area contributed by atoms with Gasteiger partial charge in [-0.25, -0.2) is 0 Å². The molecule has 1 unspecified atom stereocenters. The maximum absolute atomic E-state index is 9.00. The van der Waals surface area contributed by atoms with E-state index >= 15 is 0 Å². The smallest absolute Gasteiger partial charge is 0.0524 e.